The fourth-order valence-electron chi connectivity index (χ4n) is 3.58. The first-order valence-electron chi connectivity index (χ1n) is 9.34. The van der Waals surface area contributed by atoms with Gasteiger partial charge in [0.05, 0.1) is 0 Å². The Morgan fingerprint density at radius 3 is 2.56 bits per heavy atom. The number of piperazine rings is 1. The van der Waals surface area contributed by atoms with Crippen LogP contribution < -0.4 is 14.8 Å². The van der Waals surface area contributed by atoms with Crippen LogP contribution in [-0.4, -0.2) is 55.7 Å². The van der Waals surface area contributed by atoms with E-state index < -0.39 is 0 Å². The number of rotatable bonds is 5. The molecule has 0 aliphatic carbocycles. The lowest BCUT2D eigenvalue weighted by molar-refractivity contribution is -0.127. The molecule has 27 heavy (non-hydrogen) atoms. The van der Waals surface area contributed by atoms with Gasteiger partial charge in [-0.05, 0) is 30.3 Å². The quantitative estimate of drug-likeness (QED) is 0.876. The van der Waals surface area contributed by atoms with Crippen molar-refractivity contribution in [3.05, 3.63) is 59.7 Å². The molecule has 1 N–H and O–H groups in total. The average molecular weight is 367 g/mol. The van der Waals surface area contributed by atoms with Crippen LogP contribution >= 0.6 is 0 Å². The van der Waals surface area contributed by atoms with Gasteiger partial charge < -0.3 is 19.7 Å². The Morgan fingerprint density at radius 2 is 1.78 bits per heavy atom. The summed E-state index contributed by atoms with van der Waals surface area (Å²) in [5.41, 5.74) is 2.03. The SMILES string of the molecule is CN1CCN(C(C(=O)NCc2ccc3c(c2)OCO3)c2ccccc2)CC1. The second-order valence-corrected chi connectivity index (χ2v) is 7.06. The third-order valence-electron chi connectivity index (χ3n) is 5.17. The van der Waals surface area contributed by atoms with Gasteiger partial charge in [-0.15, -0.1) is 0 Å². The molecule has 0 bridgehead atoms. The van der Waals surface area contributed by atoms with E-state index in [1.807, 2.05) is 48.5 Å². The molecular weight excluding hydrogens is 342 g/mol. The molecule has 2 aromatic rings. The van der Waals surface area contributed by atoms with E-state index in [9.17, 15) is 4.79 Å². The number of nitrogens with zero attached hydrogens (tertiary/aromatic N) is 2. The number of carbonyl (C=O) groups excluding carboxylic acids is 1. The highest BCUT2D eigenvalue weighted by Crippen LogP contribution is 2.32. The summed E-state index contributed by atoms with van der Waals surface area (Å²) in [5, 5.41) is 3.11. The van der Waals surface area contributed by atoms with Crippen LogP contribution in [0.15, 0.2) is 48.5 Å². The van der Waals surface area contributed by atoms with E-state index in [1.54, 1.807) is 0 Å². The zero-order valence-electron chi connectivity index (χ0n) is 15.6. The topological polar surface area (TPSA) is 54.0 Å². The Hall–Kier alpha value is -2.57. The summed E-state index contributed by atoms with van der Waals surface area (Å²) in [7, 11) is 2.12. The fraction of sp³-hybridized carbons (Fsp3) is 0.381. The van der Waals surface area contributed by atoms with Crippen molar-refractivity contribution in [2.45, 2.75) is 12.6 Å². The highest BCUT2D eigenvalue weighted by molar-refractivity contribution is 5.83. The van der Waals surface area contributed by atoms with Gasteiger partial charge in [-0.1, -0.05) is 36.4 Å². The van der Waals surface area contributed by atoms with Crippen LogP contribution in [0.2, 0.25) is 0 Å². The van der Waals surface area contributed by atoms with E-state index in [0.29, 0.717) is 6.54 Å². The second kappa shape index (κ2) is 7.98. The second-order valence-electron chi connectivity index (χ2n) is 7.06. The van der Waals surface area contributed by atoms with Gasteiger partial charge in [-0.25, -0.2) is 0 Å². The molecule has 1 fully saturated rings. The summed E-state index contributed by atoms with van der Waals surface area (Å²) in [5.74, 6) is 1.52. The van der Waals surface area contributed by atoms with Gasteiger partial charge >= 0.3 is 0 Å². The standard InChI is InChI=1S/C21H25N3O3/c1-23-9-11-24(12-10-23)20(17-5-3-2-4-6-17)21(25)22-14-16-7-8-18-19(13-16)27-15-26-18/h2-8,13,20H,9-12,14-15H2,1H3,(H,22,25). The number of nitrogens with one attached hydrogen (secondary N) is 1. The van der Waals surface area contributed by atoms with Crippen molar-refractivity contribution in [2.75, 3.05) is 40.0 Å². The van der Waals surface area contributed by atoms with Crippen molar-refractivity contribution in [1.29, 1.82) is 0 Å². The first-order chi connectivity index (χ1) is 13.2. The van der Waals surface area contributed by atoms with Crippen molar-refractivity contribution >= 4 is 5.91 Å². The number of likely N-dealkylation sites (N-methyl/N-ethyl adjacent to an activating group) is 1. The Labute approximate surface area is 159 Å². The van der Waals surface area contributed by atoms with Crippen molar-refractivity contribution < 1.29 is 14.3 Å². The van der Waals surface area contributed by atoms with Crippen LogP contribution in [0.25, 0.3) is 0 Å². The van der Waals surface area contributed by atoms with Crippen LogP contribution in [0.5, 0.6) is 11.5 Å². The molecule has 142 valence electrons. The maximum Gasteiger partial charge on any atom is 0.242 e. The van der Waals surface area contributed by atoms with Crippen molar-refractivity contribution in [1.82, 2.24) is 15.1 Å². The number of fused-ring (bicyclic) bond motifs is 1. The minimum Gasteiger partial charge on any atom is -0.454 e. The molecule has 6 nitrogen and oxygen atoms in total. The van der Waals surface area contributed by atoms with Crippen LogP contribution in [0, 0.1) is 0 Å². The highest BCUT2D eigenvalue weighted by Gasteiger charge is 2.29. The minimum absolute atomic E-state index is 0.0309. The number of hydrogen-bond donors (Lipinski definition) is 1. The van der Waals surface area contributed by atoms with Gasteiger partial charge in [0.25, 0.3) is 0 Å². The number of benzene rings is 2. The van der Waals surface area contributed by atoms with Crippen LogP contribution in [0.4, 0.5) is 0 Å². The largest absolute Gasteiger partial charge is 0.454 e. The Kier molecular flexibility index (Phi) is 5.27. The number of ether oxygens (including phenoxy) is 2. The number of amides is 1. The normalized spacial score (nSPS) is 18.3. The maximum absolute atomic E-state index is 13.1. The van der Waals surface area contributed by atoms with Gasteiger partial charge in [0.15, 0.2) is 11.5 Å². The summed E-state index contributed by atoms with van der Waals surface area (Å²) in [6.07, 6.45) is 0. The molecule has 2 aliphatic heterocycles. The van der Waals surface area contributed by atoms with Gasteiger partial charge in [-0.2, -0.15) is 0 Å². The third-order valence-corrected chi connectivity index (χ3v) is 5.17. The van der Waals surface area contributed by atoms with Crippen LogP contribution in [0.1, 0.15) is 17.2 Å². The summed E-state index contributed by atoms with van der Waals surface area (Å²) in [6, 6.07) is 15.5. The van der Waals surface area contributed by atoms with Crippen molar-refractivity contribution in [2.24, 2.45) is 0 Å². The fourth-order valence-corrected chi connectivity index (χ4v) is 3.58. The van der Waals surface area contributed by atoms with E-state index in [-0.39, 0.29) is 18.7 Å². The zero-order valence-corrected chi connectivity index (χ0v) is 15.6. The lowest BCUT2D eigenvalue weighted by Crippen LogP contribution is -2.49. The lowest BCUT2D eigenvalue weighted by atomic mass is 10.0. The van der Waals surface area contributed by atoms with Crippen LogP contribution in [-0.2, 0) is 11.3 Å². The monoisotopic (exact) mass is 367 g/mol. The molecule has 2 aromatic carbocycles. The molecular formula is C21H25N3O3. The maximum atomic E-state index is 13.1. The summed E-state index contributed by atoms with van der Waals surface area (Å²) in [4.78, 5) is 17.7. The van der Waals surface area contributed by atoms with Gasteiger partial charge in [0.1, 0.15) is 6.04 Å². The summed E-state index contributed by atoms with van der Waals surface area (Å²) < 4.78 is 10.8. The van der Waals surface area contributed by atoms with Gasteiger partial charge in [-0.3, -0.25) is 9.69 Å². The summed E-state index contributed by atoms with van der Waals surface area (Å²) >= 11 is 0. The van der Waals surface area contributed by atoms with Crippen molar-refractivity contribution in [3.8, 4) is 11.5 Å². The minimum atomic E-state index is -0.270. The molecule has 1 unspecified atom stereocenters. The van der Waals surface area contributed by atoms with Crippen LogP contribution in [0.3, 0.4) is 0 Å². The molecule has 6 heteroatoms. The Bertz CT molecular complexity index is 789. The molecule has 1 saturated heterocycles. The van der Waals surface area contributed by atoms with Crippen molar-refractivity contribution in [3.63, 3.8) is 0 Å². The Balaban J connectivity index is 1.47. The molecule has 0 aromatic heterocycles. The van der Waals surface area contributed by atoms with E-state index >= 15 is 0 Å². The molecule has 0 radical (unpaired) electrons. The predicted octanol–water partition coefficient (Wildman–Crippen LogP) is 2.02. The first-order valence-corrected chi connectivity index (χ1v) is 9.34. The smallest absolute Gasteiger partial charge is 0.242 e. The summed E-state index contributed by atoms with van der Waals surface area (Å²) in [6.45, 7) is 4.43. The van der Waals surface area contributed by atoms with E-state index in [1.165, 1.54) is 0 Å². The van der Waals surface area contributed by atoms with E-state index in [4.69, 9.17) is 9.47 Å². The molecule has 1 atom stereocenters. The number of carbonyl (C=O) groups is 1. The first kappa shape index (κ1) is 17.8. The highest BCUT2D eigenvalue weighted by atomic mass is 16.7. The molecule has 2 heterocycles. The molecule has 1 amide bonds. The molecule has 0 spiro atoms. The van der Waals surface area contributed by atoms with E-state index in [2.05, 4.69) is 22.2 Å². The van der Waals surface area contributed by atoms with Gasteiger partial charge in [0.2, 0.25) is 12.7 Å². The third kappa shape index (κ3) is 4.07. The zero-order chi connectivity index (χ0) is 18.6. The average Bonchev–Trinajstić information content (AvgIpc) is 3.17. The molecule has 0 saturated carbocycles. The molecule has 2 aliphatic rings. The van der Waals surface area contributed by atoms with Gasteiger partial charge in [0, 0.05) is 32.7 Å². The molecule has 4 rings (SSSR count). The number of hydrogen-bond acceptors (Lipinski definition) is 5. The predicted molar refractivity (Wildman–Crippen MR) is 103 cm³/mol. The Morgan fingerprint density at radius 1 is 1.04 bits per heavy atom. The lowest BCUT2D eigenvalue weighted by Gasteiger charge is -2.37. The van der Waals surface area contributed by atoms with E-state index in [0.717, 1.165) is 48.8 Å².